The number of rotatable bonds is 9. The highest BCUT2D eigenvalue weighted by Crippen LogP contribution is 2.25. The van der Waals surface area contributed by atoms with Gasteiger partial charge in [-0.25, -0.2) is 5.43 Å². The van der Waals surface area contributed by atoms with Gasteiger partial charge in [0.2, 0.25) is 0 Å². The van der Waals surface area contributed by atoms with Crippen LogP contribution in [0.25, 0.3) is 0 Å². The van der Waals surface area contributed by atoms with Crippen molar-refractivity contribution in [3.8, 4) is 11.5 Å². The minimum atomic E-state index is -0.235. The van der Waals surface area contributed by atoms with Crippen LogP contribution in [0.1, 0.15) is 33.3 Å². The summed E-state index contributed by atoms with van der Waals surface area (Å²) in [5, 5.41) is 7.09. The van der Waals surface area contributed by atoms with Crippen LogP contribution >= 0.6 is 22.6 Å². The third-order valence-corrected chi connectivity index (χ3v) is 4.13. The van der Waals surface area contributed by atoms with Gasteiger partial charge < -0.3 is 14.8 Å². The van der Waals surface area contributed by atoms with E-state index >= 15 is 0 Å². The molecule has 2 N–H and O–H groups in total. The normalized spacial score (nSPS) is 11.1. The van der Waals surface area contributed by atoms with E-state index in [-0.39, 0.29) is 24.7 Å². The van der Waals surface area contributed by atoms with E-state index in [4.69, 9.17) is 9.47 Å². The number of nitrogens with one attached hydrogen (secondary N) is 2. The second-order valence-corrected chi connectivity index (χ2v) is 7.93. The van der Waals surface area contributed by atoms with Crippen LogP contribution in [0.2, 0.25) is 0 Å². The minimum absolute atomic E-state index is 0.00849. The van der Waals surface area contributed by atoms with Crippen molar-refractivity contribution in [2.75, 3.05) is 11.9 Å². The van der Waals surface area contributed by atoms with E-state index in [9.17, 15) is 4.79 Å². The molecule has 0 saturated carbocycles. The van der Waals surface area contributed by atoms with Gasteiger partial charge in [-0.1, -0.05) is 0 Å². The average Bonchev–Trinajstić information content (AvgIpc) is 2.62. The Morgan fingerprint density at radius 3 is 2.39 bits per heavy atom. The molecule has 1 amide bonds. The topological polar surface area (TPSA) is 72.0 Å². The molecule has 7 heteroatoms. The zero-order chi connectivity index (χ0) is 20.5. The Morgan fingerprint density at radius 2 is 1.75 bits per heavy atom. The number of nitrogens with zero attached hydrogens (tertiary/aromatic N) is 1. The number of ether oxygens (including phenoxy) is 2. The number of hydrazone groups is 1. The van der Waals surface area contributed by atoms with Gasteiger partial charge in [0.05, 0.1) is 25.0 Å². The molecule has 0 spiro atoms. The fourth-order valence-corrected chi connectivity index (χ4v) is 2.65. The Kier molecular flexibility index (Phi) is 8.56. The highest BCUT2D eigenvalue weighted by Gasteiger charge is 2.08. The number of carbonyl (C=O) groups excluding carboxylic acids is 1. The number of benzene rings is 2. The number of halogens is 1. The lowest BCUT2D eigenvalue weighted by Gasteiger charge is -2.15. The maximum atomic E-state index is 12.0. The Hall–Kier alpha value is -2.29. The first-order valence-electron chi connectivity index (χ1n) is 9.12. The summed E-state index contributed by atoms with van der Waals surface area (Å²) in [6, 6.07) is 13.3. The molecule has 0 fully saturated rings. The summed E-state index contributed by atoms with van der Waals surface area (Å²) in [6.45, 7) is 7.98. The lowest BCUT2D eigenvalue weighted by Crippen LogP contribution is -2.25. The molecular weight excluding hydrogens is 469 g/mol. The van der Waals surface area contributed by atoms with Gasteiger partial charge in [-0.15, -0.1) is 0 Å². The standard InChI is InChI=1S/C21H26IN3O3/c1-14(2)27-19-10-5-16(20(11-19)28-15(3)4)12-24-25-21(26)13-23-18-8-6-17(22)7-9-18/h5-12,14-15,23H,13H2,1-4H3,(H,25,26)/b24-12-. The maximum absolute atomic E-state index is 12.0. The fourth-order valence-electron chi connectivity index (χ4n) is 2.29. The van der Waals surface area contributed by atoms with Crippen molar-refractivity contribution in [3.05, 3.63) is 51.6 Å². The predicted octanol–water partition coefficient (Wildman–Crippen LogP) is 4.43. The summed E-state index contributed by atoms with van der Waals surface area (Å²) in [5.74, 6) is 1.15. The van der Waals surface area contributed by atoms with Crippen LogP contribution in [0.5, 0.6) is 11.5 Å². The molecule has 6 nitrogen and oxygen atoms in total. The molecular formula is C21H26IN3O3. The van der Waals surface area contributed by atoms with Gasteiger partial charge in [0.15, 0.2) is 0 Å². The molecule has 0 radical (unpaired) electrons. The molecule has 150 valence electrons. The van der Waals surface area contributed by atoms with Crippen molar-refractivity contribution in [2.45, 2.75) is 39.9 Å². The van der Waals surface area contributed by atoms with Gasteiger partial charge in [-0.3, -0.25) is 4.79 Å². The monoisotopic (exact) mass is 495 g/mol. The molecule has 0 aliphatic heterocycles. The number of carbonyl (C=O) groups is 1. The highest BCUT2D eigenvalue weighted by atomic mass is 127. The summed E-state index contributed by atoms with van der Waals surface area (Å²) in [4.78, 5) is 12.0. The molecule has 0 unspecified atom stereocenters. The van der Waals surface area contributed by atoms with Gasteiger partial charge in [0.1, 0.15) is 11.5 Å². The summed E-state index contributed by atoms with van der Waals surface area (Å²) in [5.41, 5.74) is 4.16. The molecule has 28 heavy (non-hydrogen) atoms. The number of hydrogen-bond donors (Lipinski definition) is 2. The van der Waals surface area contributed by atoms with Crippen LogP contribution in [0.15, 0.2) is 47.6 Å². The number of hydrogen-bond acceptors (Lipinski definition) is 5. The van der Waals surface area contributed by atoms with Crippen LogP contribution in [-0.2, 0) is 4.79 Å². The first kappa shape index (κ1) is 22.0. The van der Waals surface area contributed by atoms with E-state index in [1.165, 1.54) is 0 Å². The van der Waals surface area contributed by atoms with E-state index in [1.807, 2.05) is 70.2 Å². The molecule has 0 atom stereocenters. The van der Waals surface area contributed by atoms with Crippen LogP contribution in [-0.4, -0.2) is 30.9 Å². The molecule has 0 aliphatic carbocycles. The first-order valence-corrected chi connectivity index (χ1v) is 10.2. The van der Waals surface area contributed by atoms with Gasteiger partial charge in [0.25, 0.3) is 5.91 Å². The fraction of sp³-hybridized carbons (Fsp3) is 0.333. The summed E-state index contributed by atoms with van der Waals surface area (Å²) >= 11 is 2.23. The van der Waals surface area contributed by atoms with Crippen LogP contribution in [0.4, 0.5) is 5.69 Å². The summed E-state index contributed by atoms with van der Waals surface area (Å²) in [7, 11) is 0. The highest BCUT2D eigenvalue weighted by molar-refractivity contribution is 14.1. The minimum Gasteiger partial charge on any atom is -0.491 e. The van der Waals surface area contributed by atoms with E-state index in [0.717, 1.165) is 20.6 Å². The third-order valence-electron chi connectivity index (χ3n) is 3.41. The molecule has 0 heterocycles. The van der Waals surface area contributed by atoms with Crippen molar-refractivity contribution >= 4 is 40.4 Å². The van der Waals surface area contributed by atoms with E-state index in [0.29, 0.717) is 5.75 Å². The smallest absolute Gasteiger partial charge is 0.259 e. The average molecular weight is 495 g/mol. The van der Waals surface area contributed by atoms with Crippen LogP contribution < -0.4 is 20.2 Å². The van der Waals surface area contributed by atoms with Crippen LogP contribution in [0, 0.1) is 3.57 Å². The van der Waals surface area contributed by atoms with Crippen molar-refractivity contribution < 1.29 is 14.3 Å². The molecule has 0 bridgehead atoms. The molecule has 0 saturated heterocycles. The molecule has 2 rings (SSSR count). The van der Waals surface area contributed by atoms with E-state index < -0.39 is 0 Å². The van der Waals surface area contributed by atoms with Gasteiger partial charge >= 0.3 is 0 Å². The second-order valence-electron chi connectivity index (χ2n) is 6.69. The lowest BCUT2D eigenvalue weighted by molar-refractivity contribution is -0.119. The maximum Gasteiger partial charge on any atom is 0.259 e. The SMILES string of the molecule is CC(C)Oc1ccc(/C=N\NC(=O)CNc2ccc(I)cc2)c(OC(C)C)c1. The van der Waals surface area contributed by atoms with Gasteiger partial charge in [-0.05, 0) is 86.7 Å². The Morgan fingerprint density at radius 1 is 1.07 bits per heavy atom. The zero-order valence-corrected chi connectivity index (χ0v) is 18.7. The summed E-state index contributed by atoms with van der Waals surface area (Å²) in [6.07, 6.45) is 1.65. The molecule has 2 aromatic carbocycles. The first-order chi connectivity index (χ1) is 13.3. The van der Waals surface area contributed by atoms with Crippen molar-refractivity contribution in [2.24, 2.45) is 5.10 Å². The van der Waals surface area contributed by atoms with Crippen molar-refractivity contribution in [1.82, 2.24) is 5.43 Å². The Labute approximate surface area is 179 Å². The molecule has 0 aliphatic rings. The molecule has 2 aromatic rings. The quantitative estimate of drug-likeness (QED) is 0.307. The summed E-state index contributed by atoms with van der Waals surface area (Å²) < 4.78 is 12.7. The van der Waals surface area contributed by atoms with E-state index in [2.05, 4.69) is 38.4 Å². The Balaban J connectivity index is 1.95. The Bertz CT molecular complexity index is 805. The number of anilines is 1. The third kappa shape index (κ3) is 7.75. The number of amides is 1. The molecule has 0 aromatic heterocycles. The van der Waals surface area contributed by atoms with Crippen molar-refractivity contribution in [3.63, 3.8) is 0 Å². The van der Waals surface area contributed by atoms with Crippen LogP contribution in [0.3, 0.4) is 0 Å². The van der Waals surface area contributed by atoms with Gasteiger partial charge in [0, 0.05) is 20.9 Å². The zero-order valence-electron chi connectivity index (χ0n) is 16.5. The van der Waals surface area contributed by atoms with Gasteiger partial charge in [-0.2, -0.15) is 5.10 Å². The predicted molar refractivity (Wildman–Crippen MR) is 121 cm³/mol. The second kappa shape index (κ2) is 10.9. The largest absolute Gasteiger partial charge is 0.491 e. The van der Waals surface area contributed by atoms with Crippen molar-refractivity contribution in [1.29, 1.82) is 0 Å². The lowest BCUT2D eigenvalue weighted by atomic mass is 10.2. The van der Waals surface area contributed by atoms with E-state index in [1.54, 1.807) is 6.21 Å².